The maximum atomic E-state index is 12.2. The van der Waals surface area contributed by atoms with Crippen LogP contribution in [0, 0.1) is 6.92 Å². The summed E-state index contributed by atoms with van der Waals surface area (Å²) in [4.78, 5) is 23.4. The Morgan fingerprint density at radius 3 is 2.34 bits per heavy atom. The van der Waals surface area contributed by atoms with Crippen LogP contribution in [0.3, 0.4) is 0 Å². The third-order valence-electron chi connectivity index (χ3n) is 4.61. The number of nitrogens with zero attached hydrogens (tertiary/aromatic N) is 3. The van der Waals surface area contributed by atoms with E-state index in [1.165, 1.54) is 0 Å². The first-order valence-electron chi connectivity index (χ1n) is 10.2. The van der Waals surface area contributed by atoms with Crippen molar-refractivity contribution in [2.75, 3.05) is 35.2 Å². The number of benzene rings is 2. The monoisotopic (exact) mass is 473 g/mol. The molecule has 0 aliphatic rings. The summed E-state index contributed by atoms with van der Waals surface area (Å²) in [6.07, 6.45) is 0. The standard InChI is InChI=1S/C23H25Cl2N5O2/c1-4-30(5-2)21-12-15(3)26-23(29-21)28-18-9-7-17(8-10-18)27-22(31)14-32-20-11-6-16(24)13-19(20)25/h6-13H,4-5,14H2,1-3H3,(H,27,31)(H,26,28,29). The molecule has 2 aromatic carbocycles. The number of amides is 1. The number of hydrogen-bond acceptors (Lipinski definition) is 6. The highest BCUT2D eigenvalue weighted by molar-refractivity contribution is 6.35. The van der Waals surface area contributed by atoms with Gasteiger partial charge in [0.2, 0.25) is 5.95 Å². The van der Waals surface area contributed by atoms with Crippen molar-refractivity contribution in [2.45, 2.75) is 20.8 Å². The first kappa shape index (κ1) is 23.6. The molecule has 32 heavy (non-hydrogen) atoms. The third-order valence-corrected chi connectivity index (χ3v) is 5.14. The van der Waals surface area contributed by atoms with Crippen molar-refractivity contribution in [1.82, 2.24) is 9.97 Å². The molecule has 0 saturated carbocycles. The lowest BCUT2D eigenvalue weighted by Crippen LogP contribution is -2.23. The van der Waals surface area contributed by atoms with Gasteiger partial charge >= 0.3 is 0 Å². The van der Waals surface area contributed by atoms with Gasteiger partial charge in [-0.3, -0.25) is 4.79 Å². The van der Waals surface area contributed by atoms with Gasteiger partial charge in [-0.1, -0.05) is 23.2 Å². The van der Waals surface area contributed by atoms with Crippen molar-refractivity contribution in [1.29, 1.82) is 0 Å². The van der Waals surface area contributed by atoms with E-state index in [1.807, 2.05) is 25.1 Å². The van der Waals surface area contributed by atoms with E-state index in [4.69, 9.17) is 27.9 Å². The molecule has 3 aromatic rings. The fourth-order valence-electron chi connectivity index (χ4n) is 3.02. The van der Waals surface area contributed by atoms with E-state index in [0.29, 0.717) is 27.4 Å². The van der Waals surface area contributed by atoms with Gasteiger partial charge in [-0.2, -0.15) is 4.98 Å². The minimum atomic E-state index is -0.303. The Morgan fingerprint density at radius 2 is 1.69 bits per heavy atom. The highest BCUT2D eigenvalue weighted by Crippen LogP contribution is 2.27. The first-order valence-corrected chi connectivity index (χ1v) is 11.0. The van der Waals surface area contributed by atoms with E-state index in [-0.39, 0.29) is 12.5 Å². The highest BCUT2D eigenvalue weighted by atomic mass is 35.5. The number of ether oxygens (including phenoxy) is 1. The molecule has 9 heteroatoms. The van der Waals surface area contributed by atoms with Crippen LogP contribution >= 0.6 is 23.2 Å². The van der Waals surface area contributed by atoms with E-state index >= 15 is 0 Å². The normalized spacial score (nSPS) is 10.5. The molecule has 0 radical (unpaired) electrons. The van der Waals surface area contributed by atoms with Crippen molar-refractivity contribution >= 4 is 52.3 Å². The van der Waals surface area contributed by atoms with Gasteiger partial charge in [-0.25, -0.2) is 4.98 Å². The smallest absolute Gasteiger partial charge is 0.262 e. The molecular weight excluding hydrogens is 449 g/mol. The van der Waals surface area contributed by atoms with Crippen LogP contribution in [0.2, 0.25) is 10.0 Å². The molecule has 2 N–H and O–H groups in total. The predicted molar refractivity (Wildman–Crippen MR) is 131 cm³/mol. The Kier molecular flexibility index (Phi) is 8.14. The Balaban J connectivity index is 1.58. The average molecular weight is 474 g/mol. The Morgan fingerprint density at radius 1 is 1.00 bits per heavy atom. The zero-order valence-corrected chi connectivity index (χ0v) is 19.7. The zero-order valence-electron chi connectivity index (χ0n) is 18.2. The summed E-state index contributed by atoms with van der Waals surface area (Å²) in [6, 6.07) is 14.1. The Bertz CT molecular complexity index is 1070. The lowest BCUT2D eigenvalue weighted by Gasteiger charge is -2.20. The molecule has 0 atom stereocenters. The molecule has 0 fully saturated rings. The topological polar surface area (TPSA) is 79.4 Å². The summed E-state index contributed by atoms with van der Waals surface area (Å²) in [5.41, 5.74) is 2.33. The van der Waals surface area contributed by atoms with E-state index in [1.54, 1.807) is 30.3 Å². The minimum absolute atomic E-state index is 0.174. The van der Waals surface area contributed by atoms with Gasteiger partial charge < -0.3 is 20.3 Å². The highest BCUT2D eigenvalue weighted by Gasteiger charge is 2.09. The van der Waals surface area contributed by atoms with Crippen LogP contribution in [0.1, 0.15) is 19.5 Å². The molecule has 1 heterocycles. The SMILES string of the molecule is CCN(CC)c1cc(C)nc(Nc2ccc(NC(=O)COc3ccc(Cl)cc3Cl)cc2)n1. The maximum Gasteiger partial charge on any atom is 0.262 e. The minimum Gasteiger partial charge on any atom is -0.482 e. The Labute approximate surface area is 197 Å². The second-order valence-corrected chi connectivity index (χ2v) is 7.82. The fraction of sp³-hybridized carbons (Fsp3) is 0.261. The lowest BCUT2D eigenvalue weighted by molar-refractivity contribution is -0.118. The van der Waals surface area contributed by atoms with Gasteiger partial charge in [-0.05, 0) is 63.2 Å². The molecular formula is C23H25Cl2N5O2. The molecule has 0 bridgehead atoms. The van der Waals surface area contributed by atoms with Crippen molar-refractivity contribution in [3.8, 4) is 5.75 Å². The molecule has 1 aromatic heterocycles. The summed E-state index contributed by atoms with van der Waals surface area (Å²) in [7, 11) is 0. The van der Waals surface area contributed by atoms with E-state index in [2.05, 4.69) is 39.3 Å². The van der Waals surface area contributed by atoms with Gasteiger partial charge in [0.25, 0.3) is 5.91 Å². The number of anilines is 4. The van der Waals surface area contributed by atoms with Gasteiger partial charge in [-0.15, -0.1) is 0 Å². The number of halogens is 2. The average Bonchev–Trinajstić information content (AvgIpc) is 2.75. The van der Waals surface area contributed by atoms with Crippen LogP contribution in [-0.2, 0) is 4.79 Å². The van der Waals surface area contributed by atoms with E-state index in [9.17, 15) is 4.79 Å². The van der Waals surface area contributed by atoms with Crippen LogP contribution in [0.5, 0.6) is 5.75 Å². The number of nitrogens with one attached hydrogen (secondary N) is 2. The van der Waals surface area contributed by atoms with Crippen molar-refractivity contribution in [3.05, 3.63) is 64.3 Å². The van der Waals surface area contributed by atoms with E-state index < -0.39 is 0 Å². The van der Waals surface area contributed by atoms with Gasteiger partial charge in [0.15, 0.2) is 6.61 Å². The number of hydrogen-bond donors (Lipinski definition) is 2. The van der Waals surface area contributed by atoms with E-state index in [0.717, 1.165) is 30.3 Å². The van der Waals surface area contributed by atoms with Crippen LogP contribution in [-0.4, -0.2) is 35.6 Å². The van der Waals surface area contributed by atoms with Crippen LogP contribution in [0.25, 0.3) is 0 Å². The van der Waals surface area contributed by atoms with Crippen LogP contribution in [0.4, 0.5) is 23.1 Å². The summed E-state index contributed by atoms with van der Waals surface area (Å²) in [6.45, 7) is 7.69. The van der Waals surface area contributed by atoms with Crippen molar-refractivity contribution in [2.24, 2.45) is 0 Å². The molecule has 0 spiro atoms. The lowest BCUT2D eigenvalue weighted by atomic mass is 10.3. The van der Waals surface area contributed by atoms with Crippen molar-refractivity contribution < 1.29 is 9.53 Å². The van der Waals surface area contributed by atoms with Crippen molar-refractivity contribution in [3.63, 3.8) is 0 Å². The number of aryl methyl sites for hydroxylation is 1. The molecule has 0 unspecified atom stereocenters. The summed E-state index contributed by atoms with van der Waals surface area (Å²) in [5, 5.41) is 6.85. The molecule has 0 aliphatic carbocycles. The molecule has 3 rings (SSSR count). The summed E-state index contributed by atoms with van der Waals surface area (Å²) >= 11 is 11.9. The second-order valence-electron chi connectivity index (χ2n) is 6.98. The number of aromatic nitrogens is 2. The predicted octanol–water partition coefficient (Wildman–Crippen LogP) is 5.70. The second kappa shape index (κ2) is 11.0. The first-order chi connectivity index (χ1) is 15.4. The van der Waals surface area contributed by atoms with Crippen LogP contribution < -0.4 is 20.3 Å². The Hall–Kier alpha value is -3.03. The quantitative estimate of drug-likeness (QED) is 0.414. The molecule has 168 valence electrons. The fourth-order valence-corrected chi connectivity index (χ4v) is 3.48. The molecule has 7 nitrogen and oxygen atoms in total. The number of rotatable bonds is 9. The molecule has 0 aliphatic heterocycles. The summed E-state index contributed by atoms with van der Waals surface area (Å²) in [5.74, 6) is 1.50. The summed E-state index contributed by atoms with van der Waals surface area (Å²) < 4.78 is 5.45. The van der Waals surface area contributed by atoms with Gasteiger partial charge in [0.05, 0.1) is 5.02 Å². The number of carbonyl (C=O) groups excluding carboxylic acids is 1. The largest absolute Gasteiger partial charge is 0.482 e. The molecule has 1 amide bonds. The maximum absolute atomic E-state index is 12.2. The van der Waals surface area contributed by atoms with Gasteiger partial charge in [0.1, 0.15) is 11.6 Å². The number of carbonyl (C=O) groups is 1. The van der Waals surface area contributed by atoms with Gasteiger partial charge in [0, 0.05) is 41.2 Å². The third kappa shape index (κ3) is 6.48. The zero-order chi connectivity index (χ0) is 23.1. The molecule has 0 saturated heterocycles. The van der Waals surface area contributed by atoms with Crippen LogP contribution in [0.15, 0.2) is 48.5 Å².